The van der Waals surface area contributed by atoms with Crippen molar-refractivity contribution in [3.8, 4) is 22.8 Å². The van der Waals surface area contributed by atoms with Gasteiger partial charge < -0.3 is 4.74 Å². The van der Waals surface area contributed by atoms with Crippen molar-refractivity contribution in [1.82, 2.24) is 24.1 Å². The van der Waals surface area contributed by atoms with Gasteiger partial charge in [-0.05, 0) is 43.3 Å². The summed E-state index contributed by atoms with van der Waals surface area (Å²) in [5.74, 6) is 2.03. The average Bonchev–Trinajstić information content (AvgIpc) is 3.42. The minimum atomic E-state index is -0.0622. The summed E-state index contributed by atoms with van der Waals surface area (Å²) >= 11 is 2.97. The second kappa shape index (κ2) is 8.60. The third-order valence-electron chi connectivity index (χ3n) is 4.97. The van der Waals surface area contributed by atoms with E-state index in [2.05, 4.69) is 15.2 Å². The van der Waals surface area contributed by atoms with Gasteiger partial charge in [0.05, 0.1) is 12.8 Å². The van der Waals surface area contributed by atoms with E-state index in [-0.39, 0.29) is 5.56 Å². The average molecular weight is 462 g/mol. The summed E-state index contributed by atoms with van der Waals surface area (Å²) in [6, 6.07) is 19.3. The number of hydrogen-bond acceptors (Lipinski definition) is 7. The molecule has 2 aromatic carbocycles. The molecule has 3 aromatic heterocycles. The lowest BCUT2D eigenvalue weighted by atomic mass is 10.2. The predicted octanol–water partition coefficient (Wildman–Crippen LogP) is 4.61. The van der Waals surface area contributed by atoms with Gasteiger partial charge in [0.25, 0.3) is 5.56 Å². The normalized spacial score (nSPS) is 11.2. The second-order valence-corrected chi connectivity index (χ2v) is 8.85. The highest BCUT2D eigenvalue weighted by molar-refractivity contribution is 7.98. The number of para-hydroxylation sites is 1. The van der Waals surface area contributed by atoms with Crippen LogP contribution < -0.4 is 10.3 Å². The molecule has 0 saturated carbocycles. The number of ether oxygens (including phenoxy) is 1. The van der Waals surface area contributed by atoms with Crippen LogP contribution in [0, 0.1) is 6.92 Å². The molecule has 0 aliphatic rings. The zero-order chi connectivity index (χ0) is 22.1. The molecule has 0 N–H and O–H groups in total. The number of rotatable bonds is 6. The first-order valence-electron chi connectivity index (χ1n) is 9.89. The monoisotopic (exact) mass is 461 g/mol. The minimum Gasteiger partial charge on any atom is -0.497 e. The fourth-order valence-electron chi connectivity index (χ4n) is 3.41. The maximum absolute atomic E-state index is 12.5. The largest absolute Gasteiger partial charge is 0.497 e. The van der Waals surface area contributed by atoms with E-state index < -0.39 is 0 Å². The third kappa shape index (κ3) is 3.80. The molecule has 0 spiro atoms. The van der Waals surface area contributed by atoms with Crippen LogP contribution in [0.5, 0.6) is 5.75 Å². The third-order valence-corrected chi connectivity index (χ3v) is 6.88. The van der Waals surface area contributed by atoms with Crippen molar-refractivity contribution in [2.45, 2.75) is 17.8 Å². The molecule has 0 saturated heterocycles. The molecule has 0 atom stereocenters. The number of fused-ring (bicyclic) bond motifs is 1. The van der Waals surface area contributed by atoms with Crippen LogP contribution in [0.25, 0.3) is 22.0 Å². The van der Waals surface area contributed by atoms with E-state index in [0.29, 0.717) is 10.7 Å². The Bertz CT molecular complexity index is 1440. The molecule has 160 valence electrons. The molecule has 5 aromatic rings. The summed E-state index contributed by atoms with van der Waals surface area (Å²) in [5, 5.41) is 11.6. The van der Waals surface area contributed by atoms with Gasteiger partial charge >= 0.3 is 0 Å². The van der Waals surface area contributed by atoms with Gasteiger partial charge in [0.2, 0.25) is 0 Å². The van der Waals surface area contributed by atoms with Crippen LogP contribution in [0.2, 0.25) is 0 Å². The topological polar surface area (TPSA) is 74.3 Å². The molecule has 32 heavy (non-hydrogen) atoms. The first kappa shape index (κ1) is 20.5. The molecule has 0 aliphatic carbocycles. The highest BCUT2D eigenvalue weighted by Gasteiger charge is 2.17. The number of hydrogen-bond donors (Lipinski definition) is 0. The van der Waals surface area contributed by atoms with Gasteiger partial charge in [-0.2, -0.15) is 0 Å². The highest BCUT2D eigenvalue weighted by atomic mass is 32.2. The number of nitrogens with zero attached hydrogens (tertiary/aromatic N) is 5. The van der Waals surface area contributed by atoms with E-state index in [1.807, 2.05) is 71.5 Å². The van der Waals surface area contributed by atoms with E-state index in [0.717, 1.165) is 39.4 Å². The molecule has 0 radical (unpaired) electrons. The SMILES string of the molecule is COc1ccc(-c2nnc(SCc3cc(=O)n4c(C)csc4n3)n2-c2ccccc2)cc1. The smallest absolute Gasteiger partial charge is 0.258 e. The summed E-state index contributed by atoms with van der Waals surface area (Å²) in [5.41, 5.74) is 3.45. The maximum Gasteiger partial charge on any atom is 0.258 e. The molecule has 0 unspecified atom stereocenters. The van der Waals surface area contributed by atoms with Crippen molar-refractivity contribution >= 4 is 28.1 Å². The Morgan fingerprint density at radius 1 is 1.06 bits per heavy atom. The van der Waals surface area contributed by atoms with Crippen molar-refractivity contribution in [2.75, 3.05) is 7.11 Å². The standard InChI is InChI=1S/C23H19N5O2S2/c1-15-13-31-22-24-17(12-20(29)27(15)22)14-32-23-26-25-21(16-8-10-19(30-2)11-9-16)28(23)18-6-4-3-5-7-18/h3-13H,14H2,1-2H3. The maximum atomic E-state index is 12.5. The van der Waals surface area contributed by atoms with Gasteiger partial charge in [-0.1, -0.05) is 30.0 Å². The van der Waals surface area contributed by atoms with Crippen LogP contribution in [0.3, 0.4) is 0 Å². The van der Waals surface area contributed by atoms with Crippen molar-refractivity contribution in [1.29, 1.82) is 0 Å². The molecule has 7 nitrogen and oxygen atoms in total. The first-order valence-corrected chi connectivity index (χ1v) is 11.8. The lowest BCUT2D eigenvalue weighted by Gasteiger charge is -2.10. The minimum absolute atomic E-state index is 0.0622. The zero-order valence-corrected chi connectivity index (χ0v) is 19.1. The van der Waals surface area contributed by atoms with E-state index in [1.54, 1.807) is 17.6 Å². The Balaban J connectivity index is 1.51. The molecule has 0 fully saturated rings. The summed E-state index contributed by atoms with van der Waals surface area (Å²) in [6.45, 7) is 1.91. The molecule has 0 aliphatic heterocycles. The lowest BCUT2D eigenvalue weighted by molar-refractivity contribution is 0.415. The summed E-state index contributed by atoms with van der Waals surface area (Å²) in [7, 11) is 1.64. The fourth-order valence-corrected chi connectivity index (χ4v) is 5.15. The van der Waals surface area contributed by atoms with E-state index in [9.17, 15) is 4.79 Å². The van der Waals surface area contributed by atoms with Gasteiger partial charge in [-0.15, -0.1) is 21.5 Å². The van der Waals surface area contributed by atoms with Gasteiger partial charge in [0.15, 0.2) is 15.9 Å². The summed E-state index contributed by atoms with van der Waals surface area (Å²) < 4.78 is 8.93. The van der Waals surface area contributed by atoms with Gasteiger partial charge in [-0.25, -0.2) is 4.98 Å². The Morgan fingerprint density at radius 2 is 1.84 bits per heavy atom. The van der Waals surface area contributed by atoms with Crippen molar-refractivity contribution in [3.63, 3.8) is 0 Å². The number of methoxy groups -OCH3 is 1. The Kier molecular flexibility index (Phi) is 5.50. The molecule has 0 bridgehead atoms. The molecular weight excluding hydrogens is 442 g/mol. The van der Waals surface area contributed by atoms with Gasteiger partial charge in [0.1, 0.15) is 5.75 Å². The number of benzene rings is 2. The van der Waals surface area contributed by atoms with Crippen LogP contribution >= 0.6 is 23.1 Å². The Labute approximate surface area is 192 Å². The van der Waals surface area contributed by atoms with Gasteiger partial charge in [-0.3, -0.25) is 13.8 Å². The zero-order valence-electron chi connectivity index (χ0n) is 17.4. The van der Waals surface area contributed by atoms with Crippen LogP contribution in [0.15, 0.2) is 76.0 Å². The van der Waals surface area contributed by atoms with Crippen LogP contribution in [-0.2, 0) is 5.75 Å². The van der Waals surface area contributed by atoms with Crippen molar-refractivity contribution in [2.24, 2.45) is 0 Å². The second-order valence-electron chi connectivity index (χ2n) is 7.08. The number of aromatic nitrogens is 5. The number of thioether (sulfide) groups is 1. The molecule has 9 heteroatoms. The highest BCUT2D eigenvalue weighted by Crippen LogP contribution is 2.30. The number of aryl methyl sites for hydroxylation is 1. The predicted molar refractivity (Wildman–Crippen MR) is 127 cm³/mol. The lowest BCUT2D eigenvalue weighted by Crippen LogP contribution is -2.14. The van der Waals surface area contributed by atoms with E-state index >= 15 is 0 Å². The first-order chi connectivity index (χ1) is 15.6. The quantitative estimate of drug-likeness (QED) is 0.344. The molecule has 0 amide bonds. The fraction of sp³-hybridized carbons (Fsp3) is 0.130. The van der Waals surface area contributed by atoms with Crippen LogP contribution in [0.4, 0.5) is 0 Å². The Hall–Kier alpha value is -3.43. The number of thiazole rings is 1. The van der Waals surface area contributed by atoms with Crippen molar-refractivity contribution < 1.29 is 4.74 Å². The van der Waals surface area contributed by atoms with Gasteiger partial charge in [0, 0.05) is 34.1 Å². The van der Waals surface area contributed by atoms with Crippen LogP contribution in [0.1, 0.15) is 11.4 Å². The molecule has 3 heterocycles. The van der Waals surface area contributed by atoms with Crippen LogP contribution in [-0.4, -0.2) is 31.3 Å². The summed E-state index contributed by atoms with van der Waals surface area (Å²) in [6.07, 6.45) is 0. The Morgan fingerprint density at radius 3 is 2.59 bits per heavy atom. The molecular formula is C23H19N5O2S2. The summed E-state index contributed by atoms with van der Waals surface area (Å²) in [4.78, 5) is 17.9. The van der Waals surface area contributed by atoms with E-state index in [1.165, 1.54) is 23.1 Å². The van der Waals surface area contributed by atoms with E-state index in [4.69, 9.17) is 4.74 Å². The van der Waals surface area contributed by atoms with Crippen molar-refractivity contribution in [3.05, 3.63) is 87.8 Å². The molecule has 5 rings (SSSR count).